The SMILES string of the molecule is CCCCSc1nc(-c2ccccc2)c(N)s1. The summed E-state index contributed by atoms with van der Waals surface area (Å²) in [4.78, 5) is 4.61. The number of unbranched alkanes of at least 4 members (excludes halogenated alkanes) is 1. The van der Waals surface area contributed by atoms with Crippen LogP contribution in [0, 0.1) is 0 Å². The third kappa shape index (κ3) is 3.23. The van der Waals surface area contributed by atoms with Gasteiger partial charge in [0.15, 0.2) is 4.34 Å². The highest BCUT2D eigenvalue weighted by molar-refractivity contribution is 8.01. The molecule has 90 valence electrons. The summed E-state index contributed by atoms with van der Waals surface area (Å²) in [6.45, 7) is 2.20. The van der Waals surface area contributed by atoms with Gasteiger partial charge in [-0.1, -0.05) is 66.8 Å². The van der Waals surface area contributed by atoms with Gasteiger partial charge in [-0.3, -0.25) is 0 Å². The molecule has 0 saturated carbocycles. The Balaban J connectivity index is 2.14. The van der Waals surface area contributed by atoms with Gasteiger partial charge in [-0.15, -0.1) is 0 Å². The first-order valence-corrected chi connectivity index (χ1v) is 7.56. The van der Waals surface area contributed by atoms with E-state index in [0.717, 1.165) is 26.4 Å². The van der Waals surface area contributed by atoms with Crippen molar-refractivity contribution in [3.63, 3.8) is 0 Å². The molecular formula is C13H16N2S2. The van der Waals surface area contributed by atoms with Crippen LogP contribution in [0.2, 0.25) is 0 Å². The van der Waals surface area contributed by atoms with Crippen LogP contribution in [0.25, 0.3) is 11.3 Å². The molecule has 0 atom stereocenters. The number of aromatic nitrogens is 1. The second-order valence-corrected chi connectivity index (χ2v) is 6.13. The molecule has 0 spiro atoms. The molecule has 17 heavy (non-hydrogen) atoms. The normalized spacial score (nSPS) is 10.6. The summed E-state index contributed by atoms with van der Waals surface area (Å²) in [6.07, 6.45) is 2.45. The molecule has 0 aliphatic carbocycles. The molecule has 1 aromatic carbocycles. The number of anilines is 1. The number of rotatable bonds is 5. The van der Waals surface area contributed by atoms with Crippen LogP contribution in [0.15, 0.2) is 34.7 Å². The lowest BCUT2D eigenvalue weighted by Crippen LogP contribution is -1.85. The molecule has 2 nitrogen and oxygen atoms in total. The number of nitrogen functional groups attached to an aromatic ring is 1. The highest BCUT2D eigenvalue weighted by Crippen LogP contribution is 2.35. The first-order valence-electron chi connectivity index (χ1n) is 5.75. The molecule has 0 radical (unpaired) electrons. The topological polar surface area (TPSA) is 38.9 Å². The van der Waals surface area contributed by atoms with E-state index in [1.165, 1.54) is 12.8 Å². The third-order valence-corrected chi connectivity index (χ3v) is 4.52. The largest absolute Gasteiger partial charge is 0.389 e. The van der Waals surface area contributed by atoms with Gasteiger partial charge in [-0.2, -0.15) is 0 Å². The van der Waals surface area contributed by atoms with Crippen molar-refractivity contribution in [1.82, 2.24) is 4.98 Å². The van der Waals surface area contributed by atoms with Gasteiger partial charge in [-0.25, -0.2) is 4.98 Å². The summed E-state index contributed by atoms with van der Waals surface area (Å²) in [5, 5.41) is 0.815. The van der Waals surface area contributed by atoms with Gasteiger partial charge >= 0.3 is 0 Å². The van der Waals surface area contributed by atoms with Crippen LogP contribution in [0.4, 0.5) is 5.00 Å². The van der Waals surface area contributed by atoms with E-state index in [1.807, 2.05) is 30.3 Å². The second-order valence-electron chi connectivity index (χ2n) is 3.76. The second kappa shape index (κ2) is 6.07. The van der Waals surface area contributed by atoms with Crippen LogP contribution >= 0.6 is 23.1 Å². The van der Waals surface area contributed by atoms with Crippen molar-refractivity contribution in [2.75, 3.05) is 11.5 Å². The predicted octanol–water partition coefficient (Wildman–Crippen LogP) is 4.28. The lowest BCUT2D eigenvalue weighted by Gasteiger charge is -1.96. The maximum atomic E-state index is 6.02. The Morgan fingerprint density at radius 1 is 1.29 bits per heavy atom. The minimum atomic E-state index is 0.815. The van der Waals surface area contributed by atoms with Crippen LogP contribution in [-0.4, -0.2) is 10.7 Å². The molecule has 0 unspecified atom stereocenters. The fourth-order valence-electron chi connectivity index (χ4n) is 1.48. The van der Waals surface area contributed by atoms with Crippen molar-refractivity contribution in [3.8, 4) is 11.3 Å². The molecule has 0 saturated heterocycles. The molecular weight excluding hydrogens is 248 g/mol. The summed E-state index contributed by atoms with van der Waals surface area (Å²) in [5.41, 5.74) is 8.05. The monoisotopic (exact) mass is 264 g/mol. The molecule has 1 aromatic heterocycles. The zero-order valence-electron chi connectivity index (χ0n) is 9.85. The quantitative estimate of drug-likeness (QED) is 0.647. The van der Waals surface area contributed by atoms with Crippen molar-refractivity contribution in [3.05, 3.63) is 30.3 Å². The molecule has 0 amide bonds. The lowest BCUT2D eigenvalue weighted by molar-refractivity contribution is 0.896. The molecule has 1 heterocycles. The van der Waals surface area contributed by atoms with Crippen LogP contribution in [-0.2, 0) is 0 Å². The van der Waals surface area contributed by atoms with E-state index >= 15 is 0 Å². The maximum Gasteiger partial charge on any atom is 0.152 e. The maximum absolute atomic E-state index is 6.02. The Morgan fingerprint density at radius 2 is 2.06 bits per heavy atom. The van der Waals surface area contributed by atoms with Gasteiger partial charge in [-0.05, 0) is 6.42 Å². The molecule has 0 aliphatic heterocycles. The standard InChI is InChI=1S/C13H16N2S2/c1-2-3-9-16-13-15-11(12(14)17-13)10-7-5-4-6-8-10/h4-8H,2-3,9,14H2,1H3. The molecule has 4 heteroatoms. The number of nitrogens with zero attached hydrogens (tertiary/aromatic N) is 1. The van der Waals surface area contributed by atoms with Crippen molar-refractivity contribution >= 4 is 28.1 Å². The highest BCUT2D eigenvalue weighted by Gasteiger charge is 2.10. The van der Waals surface area contributed by atoms with Crippen LogP contribution in [0.3, 0.4) is 0 Å². The summed E-state index contributed by atoms with van der Waals surface area (Å²) in [6, 6.07) is 10.1. The van der Waals surface area contributed by atoms with Gasteiger partial charge in [0.1, 0.15) is 10.7 Å². The lowest BCUT2D eigenvalue weighted by atomic mass is 10.2. The summed E-state index contributed by atoms with van der Waals surface area (Å²) in [5.74, 6) is 1.12. The molecule has 0 aliphatic rings. The van der Waals surface area contributed by atoms with Crippen molar-refractivity contribution in [2.24, 2.45) is 0 Å². The minimum absolute atomic E-state index is 0.815. The smallest absolute Gasteiger partial charge is 0.152 e. The average molecular weight is 264 g/mol. The minimum Gasteiger partial charge on any atom is -0.389 e. The molecule has 0 bridgehead atoms. The van der Waals surface area contributed by atoms with E-state index in [4.69, 9.17) is 5.73 Å². The summed E-state index contributed by atoms with van der Waals surface area (Å²) < 4.78 is 1.08. The summed E-state index contributed by atoms with van der Waals surface area (Å²) in [7, 11) is 0. The van der Waals surface area contributed by atoms with Crippen molar-refractivity contribution in [1.29, 1.82) is 0 Å². The van der Waals surface area contributed by atoms with Crippen molar-refractivity contribution in [2.45, 2.75) is 24.1 Å². The predicted molar refractivity (Wildman–Crippen MR) is 77.6 cm³/mol. The fraction of sp³-hybridized carbons (Fsp3) is 0.308. The first-order chi connectivity index (χ1) is 8.31. The Labute approximate surface area is 110 Å². The number of hydrogen-bond donors (Lipinski definition) is 1. The third-order valence-electron chi connectivity index (χ3n) is 2.40. The molecule has 2 N–H and O–H groups in total. The van der Waals surface area contributed by atoms with Gasteiger partial charge in [0.2, 0.25) is 0 Å². The number of thioether (sulfide) groups is 1. The van der Waals surface area contributed by atoms with Crippen LogP contribution in [0.1, 0.15) is 19.8 Å². The fourth-order valence-corrected chi connectivity index (χ4v) is 3.58. The zero-order valence-corrected chi connectivity index (χ0v) is 11.5. The zero-order chi connectivity index (χ0) is 12.1. The van der Waals surface area contributed by atoms with E-state index in [0.29, 0.717) is 0 Å². The average Bonchev–Trinajstić information content (AvgIpc) is 2.72. The summed E-state index contributed by atoms with van der Waals surface area (Å²) >= 11 is 3.39. The number of thiazole rings is 1. The van der Waals surface area contributed by atoms with Gasteiger partial charge in [0.25, 0.3) is 0 Å². The van der Waals surface area contributed by atoms with E-state index < -0.39 is 0 Å². The molecule has 0 fully saturated rings. The Bertz CT molecular complexity index is 466. The van der Waals surface area contributed by atoms with Crippen LogP contribution < -0.4 is 5.73 Å². The van der Waals surface area contributed by atoms with E-state index in [-0.39, 0.29) is 0 Å². The Morgan fingerprint density at radius 3 is 2.76 bits per heavy atom. The first kappa shape index (κ1) is 12.5. The number of hydrogen-bond acceptors (Lipinski definition) is 4. The van der Waals surface area contributed by atoms with Crippen molar-refractivity contribution < 1.29 is 0 Å². The Hall–Kier alpha value is -1.00. The van der Waals surface area contributed by atoms with Gasteiger partial charge in [0, 0.05) is 11.3 Å². The van der Waals surface area contributed by atoms with Crippen LogP contribution in [0.5, 0.6) is 0 Å². The highest BCUT2D eigenvalue weighted by atomic mass is 32.2. The number of nitrogens with two attached hydrogens (primary N) is 1. The van der Waals surface area contributed by atoms with Gasteiger partial charge < -0.3 is 5.73 Å². The van der Waals surface area contributed by atoms with Gasteiger partial charge in [0.05, 0.1) is 0 Å². The molecule has 2 aromatic rings. The van der Waals surface area contributed by atoms with E-state index in [9.17, 15) is 0 Å². The number of benzene rings is 1. The van der Waals surface area contributed by atoms with E-state index in [1.54, 1.807) is 23.1 Å². The molecule has 2 rings (SSSR count). The Kier molecular flexibility index (Phi) is 4.45. The van der Waals surface area contributed by atoms with E-state index in [2.05, 4.69) is 11.9 Å².